The number of rotatable bonds is 4. The van der Waals surface area contributed by atoms with Crippen LogP contribution >= 0.6 is 0 Å². The normalized spacial score (nSPS) is 19.2. The smallest absolute Gasteiger partial charge is 0.324 e. The van der Waals surface area contributed by atoms with E-state index in [0.29, 0.717) is 19.5 Å². The molecule has 2 aliphatic heterocycles. The summed E-state index contributed by atoms with van der Waals surface area (Å²) in [7, 11) is 0. The largest absolute Gasteiger partial charge is 0.329 e. The van der Waals surface area contributed by atoms with Gasteiger partial charge in [0.05, 0.1) is 18.6 Å². The number of nitrogens with zero attached hydrogens (tertiary/aromatic N) is 2. The Balaban J connectivity index is 1.48. The fourth-order valence-corrected chi connectivity index (χ4v) is 3.81. The Kier molecular flexibility index (Phi) is 4.97. The molecule has 2 N–H and O–H groups in total. The van der Waals surface area contributed by atoms with E-state index in [4.69, 9.17) is 0 Å². The highest BCUT2D eigenvalue weighted by Gasteiger charge is 2.39. The van der Waals surface area contributed by atoms with Crippen molar-refractivity contribution >= 4 is 18.0 Å². The molecule has 0 spiro atoms. The molecule has 2 saturated heterocycles. The van der Waals surface area contributed by atoms with Gasteiger partial charge in [-0.1, -0.05) is 60.7 Å². The monoisotopic (exact) mass is 378 g/mol. The quantitative estimate of drug-likeness (QED) is 0.800. The highest BCUT2D eigenvalue weighted by Crippen LogP contribution is 2.24. The zero-order chi connectivity index (χ0) is 19.5. The molecule has 7 heteroatoms. The standard InChI is InChI=1S/C21H22N4O3/c26-18-13-22-20(27)25(18)17-11-12-24(14-17)21(28)23-19(15-7-3-1-4-8-15)16-9-5-2-6-10-16/h1-10,17,19H,11-14H2,(H,22,27)(H,23,28). The van der Waals surface area contributed by atoms with Crippen LogP contribution in [0.1, 0.15) is 23.6 Å². The summed E-state index contributed by atoms with van der Waals surface area (Å²) in [6.07, 6.45) is 0.591. The van der Waals surface area contributed by atoms with Crippen LogP contribution in [-0.2, 0) is 4.79 Å². The number of nitrogens with one attached hydrogen (secondary N) is 2. The van der Waals surface area contributed by atoms with Crippen LogP contribution in [0.2, 0.25) is 0 Å². The first-order valence-electron chi connectivity index (χ1n) is 9.38. The number of carbonyl (C=O) groups is 3. The van der Waals surface area contributed by atoms with Gasteiger partial charge in [-0.2, -0.15) is 0 Å². The third-order valence-corrected chi connectivity index (χ3v) is 5.23. The van der Waals surface area contributed by atoms with Crippen molar-refractivity contribution in [2.24, 2.45) is 0 Å². The molecule has 28 heavy (non-hydrogen) atoms. The van der Waals surface area contributed by atoms with Gasteiger partial charge in [0.15, 0.2) is 0 Å². The van der Waals surface area contributed by atoms with Gasteiger partial charge in [0.2, 0.25) is 5.91 Å². The van der Waals surface area contributed by atoms with Gasteiger partial charge in [-0.05, 0) is 17.5 Å². The van der Waals surface area contributed by atoms with Crippen molar-refractivity contribution < 1.29 is 14.4 Å². The topological polar surface area (TPSA) is 81.8 Å². The van der Waals surface area contributed by atoms with E-state index in [0.717, 1.165) is 11.1 Å². The molecular weight excluding hydrogens is 356 g/mol. The Hall–Kier alpha value is -3.35. The average Bonchev–Trinajstić information content (AvgIpc) is 3.33. The van der Waals surface area contributed by atoms with E-state index >= 15 is 0 Å². The predicted molar refractivity (Wildman–Crippen MR) is 103 cm³/mol. The minimum Gasteiger partial charge on any atom is -0.329 e. The SMILES string of the molecule is O=C(NC(c1ccccc1)c1ccccc1)N1CCC(N2C(=O)CNC2=O)C1. The molecule has 7 nitrogen and oxygen atoms in total. The first kappa shape index (κ1) is 18.0. The molecule has 2 heterocycles. The number of urea groups is 2. The molecular formula is C21H22N4O3. The van der Waals surface area contributed by atoms with E-state index in [1.54, 1.807) is 4.90 Å². The van der Waals surface area contributed by atoms with Crippen LogP contribution < -0.4 is 10.6 Å². The lowest BCUT2D eigenvalue weighted by Gasteiger charge is -2.25. The summed E-state index contributed by atoms with van der Waals surface area (Å²) in [4.78, 5) is 39.6. The van der Waals surface area contributed by atoms with E-state index in [9.17, 15) is 14.4 Å². The number of amides is 5. The molecule has 0 aromatic heterocycles. The lowest BCUT2D eigenvalue weighted by atomic mass is 9.99. The maximum absolute atomic E-state index is 12.9. The van der Waals surface area contributed by atoms with Crippen molar-refractivity contribution in [3.63, 3.8) is 0 Å². The van der Waals surface area contributed by atoms with Gasteiger partial charge in [0.1, 0.15) is 0 Å². The van der Waals surface area contributed by atoms with Gasteiger partial charge in [-0.25, -0.2) is 9.59 Å². The summed E-state index contributed by atoms with van der Waals surface area (Å²) in [5, 5.41) is 5.64. The van der Waals surface area contributed by atoms with Crippen LogP contribution in [0.3, 0.4) is 0 Å². The van der Waals surface area contributed by atoms with Crippen molar-refractivity contribution in [3.8, 4) is 0 Å². The summed E-state index contributed by atoms with van der Waals surface area (Å²) in [6, 6.07) is 18.5. The Bertz CT molecular complexity index is 816. The molecule has 4 rings (SSSR count). The Morgan fingerprint density at radius 2 is 1.61 bits per heavy atom. The number of hydrogen-bond acceptors (Lipinski definition) is 3. The van der Waals surface area contributed by atoms with Gasteiger partial charge in [-0.15, -0.1) is 0 Å². The first-order valence-corrected chi connectivity index (χ1v) is 9.38. The van der Waals surface area contributed by atoms with E-state index in [-0.39, 0.29) is 36.6 Å². The Morgan fingerprint density at radius 3 is 2.14 bits per heavy atom. The van der Waals surface area contributed by atoms with Crippen molar-refractivity contribution in [3.05, 3.63) is 71.8 Å². The number of likely N-dealkylation sites (tertiary alicyclic amines) is 1. The number of imide groups is 1. The molecule has 2 fully saturated rings. The molecule has 2 aromatic carbocycles. The third-order valence-electron chi connectivity index (χ3n) is 5.23. The van der Waals surface area contributed by atoms with E-state index in [2.05, 4.69) is 10.6 Å². The zero-order valence-electron chi connectivity index (χ0n) is 15.4. The summed E-state index contributed by atoms with van der Waals surface area (Å²) in [5.74, 6) is -0.233. The van der Waals surface area contributed by atoms with Crippen molar-refractivity contribution in [1.82, 2.24) is 20.4 Å². The lowest BCUT2D eigenvalue weighted by Crippen LogP contribution is -2.45. The third kappa shape index (κ3) is 3.55. The predicted octanol–water partition coefficient (Wildman–Crippen LogP) is 2.11. The molecule has 144 valence electrons. The highest BCUT2D eigenvalue weighted by atomic mass is 16.2. The number of hydrogen-bond donors (Lipinski definition) is 2. The van der Waals surface area contributed by atoms with Crippen LogP contribution in [-0.4, -0.2) is 53.4 Å². The summed E-state index contributed by atoms with van der Waals surface area (Å²) in [6.45, 7) is 0.886. The Labute approximate surface area is 163 Å². The maximum Gasteiger partial charge on any atom is 0.324 e. The highest BCUT2D eigenvalue weighted by molar-refractivity contribution is 6.02. The van der Waals surface area contributed by atoms with E-state index < -0.39 is 0 Å². The van der Waals surface area contributed by atoms with Gasteiger partial charge in [0, 0.05) is 13.1 Å². The molecule has 0 aliphatic carbocycles. The maximum atomic E-state index is 12.9. The lowest BCUT2D eigenvalue weighted by molar-refractivity contribution is -0.126. The van der Waals surface area contributed by atoms with Gasteiger partial charge in [-0.3, -0.25) is 9.69 Å². The van der Waals surface area contributed by atoms with Crippen LogP contribution in [0.4, 0.5) is 9.59 Å². The van der Waals surface area contributed by atoms with Crippen molar-refractivity contribution in [1.29, 1.82) is 0 Å². The number of carbonyl (C=O) groups excluding carboxylic acids is 3. The first-order chi connectivity index (χ1) is 13.6. The Morgan fingerprint density at radius 1 is 1.00 bits per heavy atom. The van der Waals surface area contributed by atoms with Crippen molar-refractivity contribution in [2.45, 2.75) is 18.5 Å². The second-order valence-corrected chi connectivity index (χ2v) is 7.01. The second-order valence-electron chi connectivity index (χ2n) is 7.01. The molecule has 0 radical (unpaired) electrons. The molecule has 0 bridgehead atoms. The van der Waals surface area contributed by atoms with Gasteiger partial charge < -0.3 is 15.5 Å². The van der Waals surface area contributed by atoms with Gasteiger partial charge in [0.25, 0.3) is 0 Å². The minimum absolute atomic E-state index is 0.0334. The fourth-order valence-electron chi connectivity index (χ4n) is 3.81. The molecule has 0 saturated carbocycles. The van der Waals surface area contributed by atoms with Crippen LogP contribution in [0.5, 0.6) is 0 Å². The average molecular weight is 378 g/mol. The number of benzene rings is 2. The second kappa shape index (κ2) is 7.72. The molecule has 1 unspecified atom stereocenters. The minimum atomic E-state index is -0.372. The fraction of sp³-hybridized carbons (Fsp3) is 0.286. The molecule has 1 atom stereocenters. The van der Waals surface area contributed by atoms with Crippen LogP contribution in [0, 0.1) is 0 Å². The van der Waals surface area contributed by atoms with Crippen LogP contribution in [0.25, 0.3) is 0 Å². The summed E-state index contributed by atoms with van der Waals surface area (Å²) >= 11 is 0. The van der Waals surface area contributed by atoms with Crippen molar-refractivity contribution in [2.75, 3.05) is 19.6 Å². The molecule has 2 aliphatic rings. The molecule has 2 aromatic rings. The zero-order valence-corrected chi connectivity index (χ0v) is 15.4. The summed E-state index contributed by atoms with van der Waals surface area (Å²) < 4.78 is 0. The van der Waals surface area contributed by atoms with Gasteiger partial charge >= 0.3 is 12.1 Å². The van der Waals surface area contributed by atoms with E-state index in [1.165, 1.54) is 4.90 Å². The van der Waals surface area contributed by atoms with Crippen LogP contribution in [0.15, 0.2) is 60.7 Å². The summed E-state index contributed by atoms with van der Waals surface area (Å²) in [5.41, 5.74) is 1.98. The molecule has 5 amide bonds. The van der Waals surface area contributed by atoms with E-state index in [1.807, 2.05) is 60.7 Å².